The van der Waals surface area contributed by atoms with Crippen molar-refractivity contribution in [2.24, 2.45) is 5.92 Å². The zero-order valence-electron chi connectivity index (χ0n) is 16.7. The highest BCUT2D eigenvalue weighted by Crippen LogP contribution is 2.30. The van der Waals surface area contributed by atoms with Crippen LogP contribution in [0.1, 0.15) is 36.7 Å². The minimum atomic E-state index is -3.69. The van der Waals surface area contributed by atoms with Gasteiger partial charge in [0.05, 0.1) is 12.9 Å². The molecule has 0 heterocycles. The summed E-state index contributed by atoms with van der Waals surface area (Å²) >= 11 is 0. The second-order valence-electron chi connectivity index (χ2n) is 6.86. The Hall–Kier alpha value is -2.54. The van der Waals surface area contributed by atoms with Crippen LogP contribution >= 0.6 is 0 Å². The zero-order valence-corrected chi connectivity index (χ0v) is 17.5. The molecule has 152 valence electrons. The fourth-order valence-corrected chi connectivity index (χ4v) is 3.25. The lowest BCUT2D eigenvalue weighted by Crippen LogP contribution is -2.33. The number of carbonyl (C=O) groups is 1. The number of ether oxygens (including phenoxy) is 1. The molecule has 7 heteroatoms. The highest BCUT2D eigenvalue weighted by molar-refractivity contribution is 7.87. The van der Waals surface area contributed by atoms with Gasteiger partial charge in [-0.15, -0.1) is 0 Å². The van der Waals surface area contributed by atoms with Crippen molar-refractivity contribution < 1.29 is 22.1 Å². The van der Waals surface area contributed by atoms with E-state index in [2.05, 4.69) is 0 Å². The average Bonchev–Trinajstić information content (AvgIpc) is 2.67. The number of hydrogen-bond acceptors (Lipinski definition) is 5. The van der Waals surface area contributed by atoms with Crippen LogP contribution in [0.5, 0.6) is 11.5 Å². The van der Waals surface area contributed by atoms with Gasteiger partial charge in [0.25, 0.3) is 5.91 Å². The molecule has 0 saturated heterocycles. The molecule has 0 aromatic heterocycles. The lowest BCUT2D eigenvalue weighted by atomic mass is 10.1. The van der Waals surface area contributed by atoms with Gasteiger partial charge in [-0.3, -0.25) is 4.79 Å². The molecule has 6 nitrogen and oxygen atoms in total. The van der Waals surface area contributed by atoms with E-state index in [9.17, 15) is 13.2 Å². The van der Waals surface area contributed by atoms with Crippen LogP contribution in [0.3, 0.4) is 0 Å². The molecule has 28 heavy (non-hydrogen) atoms. The molecule has 0 saturated carbocycles. The molecule has 0 aliphatic rings. The minimum Gasteiger partial charge on any atom is -0.493 e. The Kier molecular flexibility index (Phi) is 7.45. The number of benzene rings is 2. The number of amides is 1. The van der Waals surface area contributed by atoms with E-state index in [-0.39, 0.29) is 23.3 Å². The molecule has 0 unspecified atom stereocenters. The molecular formula is C21H27NO5S. The van der Waals surface area contributed by atoms with Crippen molar-refractivity contribution in [1.29, 1.82) is 0 Å². The third-order valence-electron chi connectivity index (χ3n) is 4.07. The summed E-state index contributed by atoms with van der Waals surface area (Å²) < 4.78 is 34.1. The second kappa shape index (κ2) is 9.59. The van der Waals surface area contributed by atoms with Crippen molar-refractivity contribution in [2.45, 2.75) is 27.3 Å². The average molecular weight is 406 g/mol. The molecule has 0 aliphatic carbocycles. The maximum absolute atomic E-state index is 12.9. The van der Waals surface area contributed by atoms with Crippen molar-refractivity contribution >= 4 is 16.0 Å². The molecule has 2 aromatic rings. The van der Waals surface area contributed by atoms with Crippen LogP contribution in [0.25, 0.3) is 0 Å². The first-order valence-corrected chi connectivity index (χ1v) is 10.8. The van der Waals surface area contributed by atoms with E-state index >= 15 is 0 Å². The smallest absolute Gasteiger partial charge is 0.309 e. The minimum absolute atomic E-state index is 0.0752. The maximum atomic E-state index is 12.9. The highest BCUT2D eigenvalue weighted by Gasteiger charge is 2.19. The molecule has 0 aliphatic heterocycles. The van der Waals surface area contributed by atoms with Gasteiger partial charge < -0.3 is 13.8 Å². The van der Waals surface area contributed by atoms with E-state index in [4.69, 9.17) is 8.92 Å². The van der Waals surface area contributed by atoms with Gasteiger partial charge in [-0.05, 0) is 42.7 Å². The Morgan fingerprint density at radius 3 is 2.32 bits per heavy atom. The van der Waals surface area contributed by atoms with Gasteiger partial charge in [-0.1, -0.05) is 38.1 Å². The van der Waals surface area contributed by atoms with Crippen LogP contribution < -0.4 is 8.92 Å². The third-order valence-corrected chi connectivity index (χ3v) is 5.21. The van der Waals surface area contributed by atoms with E-state index in [0.29, 0.717) is 24.4 Å². The molecule has 0 N–H and O–H groups in total. The van der Waals surface area contributed by atoms with Crippen LogP contribution in [0.4, 0.5) is 0 Å². The summed E-state index contributed by atoms with van der Waals surface area (Å²) in [5, 5.41) is 0. The Morgan fingerprint density at radius 2 is 1.75 bits per heavy atom. The van der Waals surface area contributed by atoms with Crippen LogP contribution in [0, 0.1) is 5.92 Å². The van der Waals surface area contributed by atoms with Crippen molar-refractivity contribution in [3.8, 4) is 11.5 Å². The second-order valence-corrected chi connectivity index (χ2v) is 8.72. The van der Waals surface area contributed by atoms with Crippen molar-refractivity contribution in [2.75, 3.05) is 19.4 Å². The molecule has 0 spiro atoms. The SMILES string of the molecule is CCS(=O)(=O)Oc1cc(CN(CC(C)C)C(=O)c2ccccc2)ccc1OC. The largest absolute Gasteiger partial charge is 0.493 e. The predicted molar refractivity (Wildman–Crippen MR) is 109 cm³/mol. The summed E-state index contributed by atoms with van der Waals surface area (Å²) in [6, 6.07) is 14.2. The third kappa shape index (κ3) is 5.99. The number of methoxy groups -OCH3 is 1. The Morgan fingerprint density at radius 1 is 1.07 bits per heavy atom. The first-order valence-electron chi connectivity index (χ1n) is 9.19. The summed E-state index contributed by atoms with van der Waals surface area (Å²) in [6.45, 7) is 6.50. The predicted octanol–water partition coefficient (Wildman–Crippen LogP) is 3.72. The highest BCUT2D eigenvalue weighted by atomic mass is 32.2. The van der Waals surface area contributed by atoms with Crippen molar-refractivity contribution in [3.63, 3.8) is 0 Å². The molecule has 0 atom stereocenters. The molecule has 2 rings (SSSR count). The fourth-order valence-electron chi connectivity index (χ4n) is 2.72. The molecule has 0 fully saturated rings. The molecular weight excluding hydrogens is 378 g/mol. The molecule has 0 bridgehead atoms. The Labute approximate surface area is 167 Å². The standard InChI is InChI=1S/C21H27NO5S/c1-5-28(24,25)27-20-13-17(11-12-19(20)26-4)15-22(14-16(2)3)21(23)18-9-7-6-8-10-18/h6-13,16H,5,14-15H2,1-4H3. The van der Waals surface area contributed by atoms with Crippen molar-refractivity contribution in [3.05, 3.63) is 59.7 Å². The maximum Gasteiger partial charge on any atom is 0.309 e. The number of hydrogen-bond donors (Lipinski definition) is 0. The van der Waals surface area contributed by atoms with Crippen LogP contribution in [-0.2, 0) is 16.7 Å². The van der Waals surface area contributed by atoms with E-state index in [1.54, 1.807) is 35.2 Å². The first-order chi connectivity index (χ1) is 13.3. The number of nitrogens with zero attached hydrogens (tertiary/aromatic N) is 1. The van der Waals surface area contributed by atoms with E-state index in [1.165, 1.54) is 14.0 Å². The van der Waals surface area contributed by atoms with Gasteiger partial charge in [0.1, 0.15) is 0 Å². The van der Waals surface area contributed by atoms with Crippen molar-refractivity contribution in [1.82, 2.24) is 4.90 Å². The number of rotatable bonds is 9. The molecule has 0 radical (unpaired) electrons. The van der Waals surface area contributed by atoms with Crippen LogP contribution in [0.15, 0.2) is 48.5 Å². The monoisotopic (exact) mass is 405 g/mol. The fraction of sp³-hybridized carbons (Fsp3) is 0.381. The zero-order chi connectivity index (χ0) is 20.7. The van der Waals surface area contributed by atoms with Gasteiger partial charge >= 0.3 is 10.1 Å². The van der Waals surface area contributed by atoms with Crippen LogP contribution in [-0.4, -0.2) is 38.6 Å². The summed E-state index contributed by atoms with van der Waals surface area (Å²) in [5.41, 5.74) is 1.37. The summed E-state index contributed by atoms with van der Waals surface area (Å²) in [7, 11) is -2.24. The van der Waals surface area contributed by atoms with Gasteiger partial charge in [0.2, 0.25) is 0 Å². The summed E-state index contributed by atoms with van der Waals surface area (Å²) in [5.74, 6) is 0.506. The molecule has 1 amide bonds. The van der Waals surface area contributed by atoms with Gasteiger partial charge in [0, 0.05) is 18.7 Å². The van der Waals surface area contributed by atoms with E-state index < -0.39 is 10.1 Å². The summed E-state index contributed by atoms with van der Waals surface area (Å²) in [4.78, 5) is 14.7. The lowest BCUT2D eigenvalue weighted by Gasteiger charge is -2.25. The van der Waals surface area contributed by atoms with Gasteiger partial charge in [-0.2, -0.15) is 8.42 Å². The van der Waals surface area contributed by atoms with Gasteiger partial charge in [-0.25, -0.2) is 0 Å². The van der Waals surface area contributed by atoms with Gasteiger partial charge in [0.15, 0.2) is 11.5 Å². The normalized spacial score (nSPS) is 11.3. The first kappa shape index (κ1) is 21.8. The summed E-state index contributed by atoms with van der Waals surface area (Å²) in [6.07, 6.45) is 0. The Bertz CT molecular complexity index is 894. The molecule has 2 aromatic carbocycles. The number of carbonyl (C=O) groups excluding carboxylic acids is 1. The van der Waals surface area contributed by atoms with E-state index in [1.807, 2.05) is 32.0 Å². The van der Waals surface area contributed by atoms with E-state index in [0.717, 1.165) is 5.56 Å². The van der Waals surface area contributed by atoms with Crippen LogP contribution in [0.2, 0.25) is 0 Å². The Balaban J connectivity index is 2.32. The quantitative estimate of drug-likeness (QED) is 0.595. The topological polar surface area (TPSA) is 72.9 Å². The lowest BCUT2D eigenvalue weighted by molar-refractivity contribution is 0.0722.